The summed E-state index contributed by atoms with van der Waals surface area (Å²) < 4.78 is 0. The Morgan fingerprint density at radius 3 is 2.50 bits per heavy atom. The quantitative estimate of drug-likeness (QED) is 0.810. The van der Waals surface area contributed by atoms with Crippen molar-refractivity contribution in [2.24, 2.45) is 11.7 Å². The summed E-state index contributed by atoms with van der Waals surface area (Å²) in [6.45, 7) is 6.34. The molecule has 0 aromatic heterocycles. The van der Waals surface area contributed by atoms with E-state index in [0.717, 1.165) is 12.8 Å². The molecule has 3 nitrogen and oxygen atoms in total. The van der Waals surface area contributed by atoms with Crippen molar-refractivity contribution < 1.29 is 4.79 Å². The fraction of sp³-hybridized carbons (Fsp3) is 0.533. The number of carbonyl (C=O) groups excluding carboxylic acids is 1. The Morgan fingerprint density at radius 2 is 1.94 bits per heavy atom. The minimum atomic E-state index is -0.198. The van der Waals surface area contributed by atoms with E-state index in [1.165, 1.54) is 5.56 Å². The van der Waals surface area contributed by atoms with Gasteiger partial charge in [0.1, 0.15) is 0 Å². The Morgan fingerprint density at radius 1 is 1.33 bits per heavy atom. The second kappa shape index (κ2) is 6.55. The lowest BCUT2D eigenvalue weighted by atomic mass is 9.94. The Balaban J connectivity index is 2.47. The monoisotopic (exact) mass is 248 g/mol. The molecule has 0 bridgehead atoms. The van der Waals surface area contributed by atoms with Gasteiger partial charge in [-0.05, 0) is 32.3 Å². The number of nitrogens with two attached hydrogens (primary N) is 1. The van der Waals surface area contributed by atoms with Crippen LogP contribution in [0, 0.1) is 5.92 Å². The standard InChI is InChI=1S/C15H24N2O/c1-12(11-16)14(18)17-15(2,3)10-9-13-7-5-4-6-8-13/h4-8,12H,9-11,16H2,1-3H3,(H,17,18). The normalized spacial score (nSPS) is 13.1. The fourth-order valence-electron chi connectivity index (χ4n) is 1.73. The van der Waals surface area contributed by atoms with Crippen molar-refractivity contribution in [3.05, 3.63) is 35.9 Å². The Kier molecular flexibility index (Phi) is 5.35. The van der Waals surface area contributed by atoms with Gasteiger partial charge in [0.15, 0.2) is 0 Å². The third-order valence-corrected chi connectivity index (χ3v) is 3.14. The van der Waals surface area contributed by atoms with Gasteiger partial charge >= 0.3 is 0 Å². The first-order valence-corrected chi connectivity index (χ1v) is 6.50. The maximum atomic E-state index is 11.8. The molecule has 3 heteroatoms. The van der Waals surface area contributed by atoms with Crippen LogP contribution in [-0.4, -0.2) is 18.0 Å². The number of aryl methyl sites for hydroxylation is 1. The summed E-state index contributed by atoms with van der Waals surface area (Å²) >= 11 is 0. The second-order valence-corrected chi connectivity index (χ2v) is 5.50. The zero-order chi connectivity index (χ0) is 13.6. The molecule has 0 aliphatic rings. The van der Waals surface area contributed by atoms with Crippen LogP contribution in [0.2, 0.25) is 0 Å². The first-order chi connectivity index (χ1) is 8.44. The van der Waals surface area contributed by atoms with Gasteiger partial charge in [-0.2, -0.15) is 0 Å². The van der Waals surface area contributed by atoms with Gasteiger partial charge in [0.2, 0.25) is 5.91 Å². The van der Waals surface area contributed by atoms with Crippen molar-refractivity contribution >= 4 is 5.91 Å². The number of nitrogens with one attached hydrogen (secondary N) is 1. The predicted molar refractivity (Wildman–Crippen MR) is 75.2 cm³/mol. The van der Waals surface area contributed by atoms with Crippen molar-refractivity contribution in [2.75, 3.05) is 6.54 Å². The molecule has 1 aromatic rings. The van der Waals surface area contributed by atoms with E-state index in [2.05, 4.69) is 31.3 Å². The highest BCUT2D eigenvalue weighted by Crippen LogP contribution is 2.14. The summed E-state index contributed by atoms with van der Waals surface area (Å²) in [6.07, 6.45) is 1.88. The Hall–Kier alpha value is -1.35. The summed E-state index contributed by atoms with van der Waals surface area (Å²) in [5.41, 5.74) is 6.60. The Bertz CT molecular complexity index is 373. The fourth-order valence-corrected chi connectivity index (χ4v) is 1.73. The smallest absolute Gasteiger partial charge is 0.224 e. The maximum Gasteiger partial charge on any atom is 0.224 e. The van der Waals surface area contributed by atoms with Gasteiger partial charge in [0.05, 0.1) is 0 Å². The maximum absolute atomic E-state index is 11.8. The molecule has 0 spiro atoms. The van der Waals surface area contributed by atoms with Gasteiger partial charge in [0.25, 0.3) is 0 Å². The van der Waals surface area contributed by atoms with Gasteiger partial charge in [-0.3, -0.25) is 4.79 Å². The molecule has 1 unspecified atom stereocenters. The van der Waals surface area contributed by atoms with Crippen LogP contribution in [0.1, 0.15) is 32.8 Å². The van der Waals surface area contributed by atoms with Crippen LogP contribution < -0.4 is 11.1 Å². The van der Waals surface area contributed by atoms with Crippen LogP contribution in [0.5, 0.6) is 0 Å². The number of amides is 1. The molecule has 0 aliphatic heterocycles. The van der Waals surface area contributed by atoms with Gasteiger partial charge in [0, 0.05) is 18.0 Å². The van der Waals surface area contributed by atoms with E-state index in [1.54, 1.807) is 0 Å². The van der Waals surface area contributed by atoms with Crippen molar-refractivity contribution in [1.29, 1.82) is 0 Å². The van der Waals surface area contributed by atoms with Gasteiger partial charge in [-0.15, -0.1) is 0 Å². The molecule has 1 amide bonds. The lowest BCUT2D eigenvalue weighted by Crippen LogP contribution is -2.47. The zero-order valence-corrected chi connectivity index (χ0v) is 11.6. The van der Waals surface area contributed by atoms with E-state index in [0.29, 0.717) is 6.54 Å². The van der Waals surface area contributed by atoms with Crippen molar-refractivity contribution in [1.82, 2.24) is 5.32 Å². The minimum absolute atomic E-state index is 0.0376. The molecule has 3 N–H and O–H groups in total. The first kappa shape index (κ1) is 14.7. The molecule has 1 aromatic carbocycles. The number of rotatable bonds is 6. The first-order valence-electron chi connectivity index (χ1n) is 6.50. The number of benzene rings is 1. The molecule has 18 heavy (non-hydrogen) atoms. The van der Waals surface area contributed by atoms with Crippen LogP contribution >= 0.6 is 0 Å². The summed E-state index contributed by atoms with van der Waals surface area (Å²) in [6, 6.07) is 10.3. The molecule has 0 heterocycles. The molecule has 0 radical (unpaired) electrons. The molecule has 0 aliphatic carbocycles. The van der Waals surface area contributed by atoms with Gasteiger partial charge in [-0.25, -0.2) is 0 Å². The summed E-state index contributed by atoms with van der Waals surface area (Å²) in [4.78, 5) is 11.8. The van der Waals surface area contributed by atoms with Crippen LogP contribution in [0.3, 0.4) is 0 Å². The van der Waals surface area contributed by atoms with E-state index in [4.69, 9.17) is 5.73 Å². The summed E-state index contributed by atoms with van der Waals surface area (Å²) in [5, 5.41) is 3.06. The third-order valence-electron chi connectivity index (χ3n) is 3.14. The summed E-state index contributed by atoms with van der Waals surface area (Å²) in [7, 11) is 0. The van der Waals surface area contributed by atoms with Crippen LogP contribution in [0.4, 0.5) is 0 Å². The van der Waals surface area contributed by atoms with E-state index in [-0.39, 0.29) is 17.4 Å². The minimum Gasteiger partial charge on any atom is -0.351 e. The highest BCUT2D eigenvalue weighted by molar-refractivity contribution is 5.79. The largest absolute Gasteiger partial charge is 0.351 e. The molecule has 0 saturated heterocycles. The van der Waals surface area contributed by atoms with Gasteiger partial charge in [-0.1, -0.05) is 37.3 Å². The molecule has 1 rings (SSSR count). The lowest BCUT2D eigenvalue weighted by Gasteiger charge is -2.28. The molecule has 0 saturated carbocycles. The van der Waals surface area contributed by atoms with Crippen molar-refractivity contribution in [3.63, 3.8) is 0 Å². The highest BCUT2D eigenvalue weighted by atomic mass is 16.2. The predicted octanol–water partition coefficient (Wildman–Crippen LogP) is 2.11. The second-order valence-electron chi connectivity index (χ2n) is 5.50. The summed E-state index contributed by atoms with van der Waals surface area (Å²) in [5.74, 6) is -0.0865. The molecule has 1 atom stereocenters. The number of hydrogen-bond donors (Lipinski definition) is 2. The van der Waals surface area contributed by atoms with Crippen molar-refractivity contribution in [2.45, 2.75) is 39.2 Å². The topological polar surface area (TPSA) is 55.1 Å². The van der Waals surface area contributed by atoms with Crippen molar-refractivity contribution in [3.8, 4) is 0 Å². The van der Waals surface area contributed by atoms with E-state index in [1.807, 2.05) is 25.1 Å². The van der Waals surface area contributed by atoms with E-state index in [9.17, 15) is 4.79 Å². The molecular formula is C15H24N2O. The number of carbonyl (C=O) groups is 1. The van der Waals surface area contributed by atoms with Gasteiger partial charge < -0.3 is 11.1 Å². The lowest BCUT2D eigenvalue weighted by molar-refractivity contribution is -0.125. The highest BCUT2D eigenvalue weighted by Gasteiger charge is 2.22. The average Bonchev–Trinajstić information content (AvgIpc) is 2.36. The molecule has 0 fully saturated rings. The van der Waals surface area contributed by atoms with Crippen LogP contribution in [0.25, 0.3) is 0 Å². The number of hydrogen-bond acceptors (Lipinski definition) is 2. The zero-order valence-electron chi connectivity index (χ0n) is 11.6. The molecular weight excluding hydrogens is 224 g/mol. The van der Waals surface area contributed by atoms with E-state index < -0.39 is 0 Å². The van der Waals surface area contributed by atoms with Crippen LogP contribution in [-0.2, 0) is 11.2 Å². The Labute approximate surface area is 110 Å². The van der Waals surface area contributed by atoms with Crippen LogP contribution in [0.15, 0.2) is 30.3 Å². The third kappa shape index (κ3) is 4.88. The molecule has 100 valence electrons. The van der Waals surface area contributed by atoms with E-state index >= 15 is 0 Å². The SMILES string of the molecule is CC(CN)C(=O)NC(C)(C)CCc1ccccc1. The average molecular weight is 248 g/mol.